The van der Waals surface area contributed by atoms with Gasteiger partial charge in [0.05, 0.1) is 11.4 Å². The van der Waals surface area contributed by atoms with Crippen molar-refractivity contribution < 1.29 is 13.2 Å². The number of halogens is 1. The first kappa shape index (κ1) is 18.1. The van der Waals surface area contributed by atoms with Gasteiger partial charge < -0.3 is 5.32 Å². The van der Waals surface area contributed by atoms with Crippen LogP contribution >= 0.6 is 15.9 Å². The fourth-order valence-corrected chi connectivity index (χ4v) is 3.09. The third-order valence-corrected chi connectivity index (χ3v) is 5.32. The molecule has 118 valence electrons. The number of amides is 1. The predicted molar refractivity (Wildman–Crippen MR) is 86.7 cm³/mol. The summed E-state index contributed by atoms with van der Waals surface area (Å²) in [6, 6.07) is 6.59. The Bertz CT molecular complexity index is 570. The van der Waals surface area contributed by atoms with E-state index in [1.165, 1.54) is 7.05 Å². The molecule has 21 heavy (non-hydrogen) atoms. The van der Waals surface area contributed by atoms with Gasteiger partial charge in [0.2, 0.25) is 15.9 Å². The van der Waals surface area contributed by atoms with Crippen LogP contribution in [0, 0.1) is 5.92 Å². The van der Waals surface area contributed by atoms with Crippen molar-refractivity contribution in [3.8, 4) is 0 Å². The van der Waals surface area contributed by atoms with Gasteiger partial charge in [0.1, 0.15) is 0 Å². The van der Waals surface area contributed by atoms with Crippen LogP contribution in [0.1, 0.15) is 19.4 Å². The van der Waals surface area contributed by atoms with Crippen molar-refractivity contribution in [1.29, 1.82) is 0 Å². The third-order valence-electron chi connectivity index (χ3n) is 2.86. The quantitative estimate of drug-likeness (QED) is 0.739. The maximum Gasteiger partial charge on any atom is 0.243 e. The van der Waals surface area contributed by atoms with E-state index in [4.69, 9.17) is 0 Å². The molecule has 0 bridgehead atoms. The number of sulfonamides is 1. The average Bonchev–Trinajstić information content (AvgIpc) is 2.45. The van der Waals surface area contributed by atoms with E-state index in [1.54, 1.807) is 24.3 Å². The SMILES string of the molecule is CC(C)CNC(=O)CN(C)S(=O)(=O)c1ccc(CBr)cc1. The molecule has 0 aliphatic rings. The number of carbonyl (C=O) groups excluding carboxylic acids is 1. The van der Waals surface area contributed by atoms with Crippen LogP contribution in [-0.4, -0.2) is 38.8 Å². The topological polar surface area (TPSA) is 66.5 Å². The Morgan fingerprint density at radius 3 is 2.33 bits per heavy atom. The molecule has 0 atom stereocenters. The van der Waals surface area contributed by atoms with Crippen LogP contribution in [0.2, 0.25) is 0 Å². The molecule has 0 spiro atoms. The highest BCUT2D eigenvalue weighted by molar-refractivity contribution is 9.08. The van der Waals surface area contributed by atoms with E-state index in [0.29, 0.717) is 17.8 Å². The monoisotopic (exact) mass is 376 g/mol. The smallest absolute Gasteiger partial charge is 0.243 e. The number of rotatable bonds is 7. The zero-order chi connectivity index (χ0) is 16.0. The fraction of sp³-hybridized carbons (Fsp3) is 0.500. The Morgan fingerprint density at radius 1 is 1.29 bits per heavy atom. The van der Waals surface area contributed by atoms with Crippen LogP contribution in [0.5, 0.6) is 0 Å². The Morgan fingerprint density at radius 2 is 1.86 bits per heavy atom. The summed E-state index contributed by atoms with van der Waals surface area (Å²) in [4.78, 5) is 11.9. The molecule has 1 rings (SSSR count). The normalized spacial score (nSPS) is 11.9. The van der Waals surface area contributed by atoms with E-state index in [9.17, 15) is 13.2 Å². The van der Waals surface area contributed by atoms with Gasteiger partial charge in [-0.2, -0.15) is 4.31 Å². The molecule has 0 heterocycles. The lowest BCUT2D eigenvalue weighted by molar-refractivity contribution is -0.121. The van der Waals surface area contributed by atoms with Gasteiger partial charge in [0.15, 0.2) is 0 Å². The molecular formula is C14H21BrN2O3S. The Balaban J connectivity index is 2.74. The first-order valence-electron chi connectivity index (χ1n) is 6.65. The molecule has 0 saturated carbocycles. The van der Waals surface area contributed by atoms with Crippen molar-refractivity contribution in [1.82, 2.24) is 9.62 Å². The molecular weight excluding hydrogens is 356 g/mol. The first-order chi connectivity index (χ1) is 9.77. The first-order valence-corrected chi connectivity index (χ1v) is 9.21. The molecule has 5 nitrogen and oxygen atoms in total. The zero-order valence-electron chi connectivity index (χ0n) is 12.5. The van der Waals surface area contributed by atoms with Gasteiger partial charge in [-0.1, -0.05) is 41.9 Å². The molecule has 0 radical (unpaired) electrons. The average molecular weight is 377 g/mol. The van der Waals surface area contributed by atoms with Gasteiger partial charge in [0, 0.05) is 18.9 Å². The Kier molecular flexibility index (Phi) is 6.83. The number of alkyl halides is 1. The molecule has 0 aliphatic heterocycles. The molecule has 0 fully saturated rings. The van der Waals surface area contributed by atoms with Crippen LogP contribution < -0.4 is 5.32 Å². The second-order valence-corrected chi connectivity index (χ2v) is 7.84. The summed E-state index contributed by atoms with van der Waals surface area (Å²) < 4.78 is 25.7. The van der Waals surface area contributed by atoms with Crippen molar-refractivity contribution in [2.45, 2.75) is 24.1 Å². The minimum atomic E-state index is -3.64. The van der Waals surface area contributed by atoms with Gasteiger partial charge in [-0.15, -0.1) is 0 Å². The molecule has 7 heteroatoms. The highest BCUT2D eigenvalue weighted by Crippen LogP contribution is 2.16. The predicted octanol–water partition coefficient (Wildman–Crippen LogP) is 1.97. The molecule has 0 saturated heterocycles. The number of benzene rings is 1. The zero-order valence-corrected chi connectivity index (χ0v) is 14.9. The van der Waals surface area contributed by atoms with E-state index in [0.717, 1.165) is 9.87 Å². The molecule has 0 aliphatic carbocycles. The Hall–Kier alpha value is -0.920. The minimum Gasteiger partial charge on any atom is -0.355 e. The summed E-state index contributed by atoms with van der Waals surface area (Å²) >= 11 is 3.31. The third kappa shape index (κ3) is 5.41. The van der Waals surface area contributed by atoms with Crippen molar-refractivity contribution in [3.63, 3.8) is 0 Å². The van der Waals surface area contributed by atoms with Gasteiger partial charge in [-0.3, -0.25) is 4.79 Å². The molecule has 1 aromatic rings. The summed E-state index contributed by atoms with van der Waals surface area (Å²) in [5, 5.41) is 3.37. The lowest BCUT2D eigenvalue weighted by Crippen LogP contribution is -2.39. The Labute approximate surface area is 134 Å². The number of nitrogens with zero attached hydrogens (tertiary/aromatic N) is 1. The highest BCUT2D eigenvalue weighted by atomic mass is 79.9. The summed E-state index contributed by atoms with van der Waals surface area (Å²) in [6.45, 7) is 4.31. The largest absolute Gasteiger partial charge is 0.355 e. The lowest BCUT2D eigenvalue weighted by atomic mass is 10.2. The van der Waals surface area contributed by atoms with Crippen LogP contribution in [0.25, 0.3) is 0 Å². The standard InChI is InChI=1S/C14H21BrN2O3S/c1-11(2)9-16-14(18)10-17(3)21(19,20)13-6-4-12(8-15)5-7-13/h4-7,11H,8-10H2,1-3H3,(H,16,18). The highest BCUT2D eigenvalue weighted by Gasteiger charge is 2.22. The number of hydrogen-bond acceptors (Lipinski definition) is 3. The number of nitrogens with one attached hydrogen (secondary N) is 1. The van der Waals surface area contributed by atoms with Gasteiger partial charge in [0.25, 0.3) is 0 Å². The van der Waals surface area contributed by atoms with Crippen molar-refractivity contribution in [2.75, 3.05) is 20.1 Å². The van der Waals surface area contributed by atoms with E-state index in [1.807, 2.05) is 13.8 Å². The second kappa shape index (κ2) is 7.91. The minimum absolute atomic E-state index is 0.185. The summed E-state index contributed by atoms with van der Waals surface area (Å²) in [5.74, 6) is 0.0273. The number of likely N-dealkylation sites (N-methyl/N-ethyl adjacent to an activating group) is 1. The molecule has 0 unspecified atom stereocenters. The molecule has 1 amide bonds. The maximum atomic E-state index is 12.3. The molecule has 1 aromatic carbocycles. The molecule has 0 aromatic heterocycles. The summed E-state index contributed by atoms with van der Waals surface area (Å²) in [5.41, 5.74) is 0.992. The summed E-state index contributed by atoms with van der Waals surface area (Å²) in [7, 11) is -2.23. The van der Waals surface area contributed by atoms with Crippen LogP contribution in [0.3, 0.4) is 0 Å². The summed E-state index contributed by atoms with van der Waals surface area (Å²) in [6.07, 6.45) is 0. The lowest BCUT2D eigenvalue weighted by Gasteiger charge is -2.17. The van der Waals surface area contributed by atoms with E-state index in [2.05, 4.69) is 21.2 Å². The number of carbonyl (C=O) groups is 1. The number of hydrogen-bond donors (Lipinski definition) is 1. The van der Waals surface area contributed by atoms with E-state index in [-0.39, 0.29) is 17.3 Å². The second-order valence-electron chi connectivity index (χ2n) is 5.24. The van der Waals surface area contributed by atoms with Crippen molar-refractivity contribution in [3.05, 3.63) is 29.8 Å². The van der Waals surface area contributed by atoms with Crippen LogP contribution in [0.15, 0.2) is 29.2 Å². The van der Waals surface area contributed by atoms with Gasteiger partial charge >= 0.3 is 0 Å². The van der Waals surface area contributed by atoms with Gasteiger partial charge in [-0.25, -0.2) is 8.42 Å². The van der Waals surface area contributed by atoms with Crippen LogP contribution in [0.4, 0.5) is 0 Å². The van der Waals surface area contributed by atoms with E-state index >= 15 is 0 Å². The van der Waals surface area contributed by atoms with Crippen molar-refractivity contribution in [2.24, 2.45) is 5.92 Å². The fourth-order valence-electron chi connectivity index (χ4n) is 1.59. The molecule has 1 N–H and O–H groups in total. The van der Waals surface area contributed by atoms with Gasteiger partial charge in [-0.05, 0) is 23.6 Å². The van der Waals surface area contributed by atoms with E-state index < -0.39 is 10.0 Å². The van der Waals surface area contributed by atoms with Crippen molar-refractivity contribution >= 4 is 31.9 Å². The van der Waals surface area contributed by atoms with Crippen LogP contribution in [-0.2, 0) is 20.1 Å². The maximum absolute atomic E-state index is 12.3.